The molecule has 1 fully saturated rings. The fraction of sp³-hybridized carbons (Fsp3) is 0.750. The van der Waals surface area contributed by atoms with Gasteiger partial charge in [0, 0.05) is 26.3 Å². The highest BCUT2D eigenvalue weighted by Gasteiger charge is 2.40. The molecule has 2 amide bonds. The molecule has 0 atom stereocenters. The highest BCUT2D eigenvalue weighted by molar-refractivity contribution is 5.78. The van der Waals surface area contributed by atoms with Crippen LogP contribution in [0, 0.1) is 5.41 Å². The number of carbonyl (C=O) groups is 3. The zero-order valence-electron chi connectivity index (χ0n) is 11.4. The first-order chi connectivity index (χ1) is 9.50. The van der Waals surface area contributed by atoms with E-state index in [1.165, 1.54) is 7.11 Å². The number of esters is 1. The van der Waals surface area contributed by atoms with Crippen LogP contribution in [0.2, 0.25) is 0 Å². The summed E-state index contributed by atoms with van der Waals surface area (Å²) in [7, 11) is 1.27. The average Bonchev–Trinajstić information content (AvgIpc) is 2.45. The summed E-state index contributed by atoms with van der Waals surface area (Å²) < 4.78 is 9.57. The van der Waals surface area contributed by atoms with Crippen molar-refractivity contribution in [3.63, 3.8) is 0 Å². The van der Waals surface area contributed by atoms with E-state index in [4.69, 9.17) is 4.74 Å². The van der Waals surface area contributed by atoms with Gasteiger partial charge in [-0.1, -0.05) is 0 Å². The number of ether oxygens (including phenoxy) is 2. The maximum absolute atomic E-state index is 11.5. The van der Waals surface area contributed by atoms with Crippen molar-refractivity contribution in [3.05, 3.63) is 0 Å². The van der Waals surface area contributed by atoms with Crippen LogP contribution in [0.5, 0.6) is 0 Å². The molecule has 8 heteroatoms. The van der Waals surface area contributed by atoms with Gasteiger partial charge in [0.25, 0.3) is 0 Å². The molecule has 8 nitrogen and oxygen atoms in total. The van der Waals surface area contributed by atoms with E-state index in [9.17, 15) is 19.5 Å². The maximum Gasteiger partial charge on any atom is 0.314 e. The molecular weight excluding hydrogens is 268 g/mol. The van der Waals surface area contributed by atoms with Gasteiger partial charge < -0.3 is 25.2 Å². The smallest absolute Gasteiger partial charge is 0.314 e. The number of rotatable bonds is 6. The second-order valence-corrected chi connectivity index (χ2v) is 4.63. The Morgan fingerprint density at radius 3 is 2.45 bits per heavy atom. The quantitative estimate of drug-likeness (QED) is 0.580. The van der Waals surface area contributed by atoms with Crippen LogP contribution in [0.3, 0.4) is 0 Å². The van der Waals surface area contributed by atoms with Crippen molar-refractivity contribution < 1.29 is 29.0 Å². The Labute approximate surface area is 116 Å². The molecule has 0 spiro atoms. The van der Waals surface area contributed by atoms with Crippen molar-refractivity contribution in [2.45, 2.75) is 19.3 Å². The minimum absolute atomic E-state index is 0.0375. The van der Waals surface area contributed by atoms with Gasteiger partial charge in [0.15, 0.2) is 0 Å². The van der Waals surface area contributed by atoms with Crippen LogP contribution < -0.4 is 10.6 Å². The number of hydrogen-bond acceptors (Lipinski definition) is 5. The molecule has 0 aromatic heterocycles. The van der Waals surface area contributed by atoms with Crippen molar-refractivity contribution in [2.75, 3.05) is 33.4 Å². The van der Waals surface area contributed by atoms with Gasteiger partial charge in [-0.2, -0.15) is 0 Å². The summed E-state index contributed by atoms with van der Waals surface area (Å²) in [6.07, 6.45) is 0.803. The molecule has 0 unspecified atom stereocenters. The molecule has 1 aliphatic rings. The van der Waals surface area contributed by atoms with E-state index in [-0.39, 0.29) is 19.5 Å². The molecule has 114 valence electrons. The minimum Gasteiger partial charge on any atom is -0.481 e. The molecule has 20 heavy (non-hydrogen) atoms. The summed E-state index contributed by atoms with van der Waals surface area (Å²) in [6.45, 7) is 0.924. The van der Waals surface area contributed by atoms with E-state index in [0.717, 1.165) is 0 Å². The number of aliphatic carboxylic acids is 1. The number of hydrogen-bond donors (Lipinski definition) is 3. The Morgan fingerprint density at radius 2 is 1.90 bits per heavy atom. The third-order valence-electron chi connectivity index (χ3n) is 3.33. The lowest BCUT2D eigenvalue weighted by atomic mass is 9.80. The Bertz CT molecular complexity index is 365. The first kappa shape index (κ1) is 16.2. The Kier molecular flexibility index (Phi) is 6.23. The molecule has 1 heterocycles. The monoisotopic (exact) mass is 288 g/mol. The first-order valence-electron chi connectivity index (χ1n) is 6.40. The van der Waals surface area contributed by atoms with Gasteiger partial charge in [-0.3, -0.25) is 9.59 Å². The molecule has 0 aromatic carbocycles. The van der Waals surface area contributed by atoms with Gasteiger partial charge in [0.1, 0.15) is 0 Å². The Morgan fingerprint density at radius 1 is 1.25 bits per heavy atom. The van der Waals surface area contributed by atoms with E-state index >= 15 is 0 Å². The van der Waals surface area contributed by atoms with Crippen molar-refractivity contribution in [2.24, 2.45) is 5.41 Å². The van der Waals surface area contributed by atoms with Crippen molar-refractivity contribution in [1.29, 1.82) is 0 Å². The standard InChI is InChI=1S/C12H20N2O6/c1-19-9(15)2-5-13-11(18)14-8-12(10(16)17)3-6-20-7-4-12/h2-8H2,1H3,(H,16,17)(H2,13,14,18). The van der Waals surface area contributed by atoms with Crippen LogP contribution in [-0.4, -0.2) is 56.5 Å². The van der Waals surface area contributed by atoms with Crippen LogP contribution >= 0.6 is 0 Å². The number of amides is 2. The fourth-order valence-corrected chi connectivity index (χ4v) is 1.92. The normalized spacial score (nSPS) is 17.1. The van der Waals surface area contributed by atoms with Crippen LogP contribution in [-0.2, 0) is 19.1 Å². The number of carboxylic acid groups (broad SMARTS) is 1. The molecular formula is C12H20N2O6. The molecule has 0 radical (unpaired) electrons. The third kappa shape index (κ3) is 4.69. The zero-order chi connectivity index (χ0) is 15.0. The highest BCUT2D eigenvalue weighted by atomic mass is 16.5. The summed E-state index contributed by atoms with van der Waals surface area (Å²) >= 11 is 0. The van der Waals surface area contributed by atoms with Gasteiger partial charge >= 0.3 is 18.0 Å². The number of urea groups is 1. The van der Waals surface area contributed by atoms with Crippen LogP contribution in [0.4, 0.5) is 4.79 Å². The maximum atomic E-state index is 11.5. The van der Waals surface area contributed by atoms with E-state index in [1.54, 1.807) is 0 Å². The predicted molar refractivity (Wildman–Crippen MR) is 68.2 cm³/mol. The summed E-state index contributed by atoms with van der Waals surface area (Å²) in [5.74, 6) is -1.35. The van der Waals surface area contributed by atoms with Crippen LogP contribution in [0.25, 0.3) is 0 Å². The molecule has 1 saturated heterocycles. The summed E-state index contributed by atoms with van der Waals surface area (Å²) in [5, 5.41) is 14.3. The van der Waals surface area contributed by atoms with E-state index in [2.05, 4.69) is 15.4 Å². The Balaban J connectivity index is 2.34. The summed E-state index contributed by atoms with van der Waals surface area (Å²) in [5.41, 5.74) is -0.974. The third-order valence-corrected chi connectivity index (χ3v) is 3.33. The minimum atomic E-state index is -0.974. The van der Waals surface area contributed by atoms with Crippen molar-refractivity contribution in [3.8, 4) is 0 Å². The van der Waals surface area contributed by atoms with E-state index in [1.807, 2.05) is 0 Å². The number of methoxy groups -OCH3 is 1. The average molecular weight is 288 g/mol. The van der Waals surface area contributed by atoms with Gasteiger partial charge in [0.05, 0.1) is 18.9 Å². The molecule has 3 N–H and O–H groups in total. The molecule has 1 rings (SSSR count). The fourth-order valence-electron chi connectivity index (χ4n) is 1.92. The first-order valence-corrected chi connectivity index (χ1v) is 6.40. The zero-order valence-corrected chi connectivity index (χ0v) is 11.4. The lowest BCUT2D eigenvalue weighted by molar-refractivity contribution is -0.154. The number of carbonyl (C=O) groups excluding carboxylic acids is 2. The second-order valence-electron chi connectivity index (χ2n) is 4.63. The number of carboxylic acids is 1. The largest absolute Gasteiger partial charge is 0.481 e. The van der Waals surface area contributed by atoms with Crippen molar-refractivity contribution in [1.82, 2.24) is 10.6 Å². The highest BCUT2D eigenvalue weighted by Crippen LogP contribution is 2.29. The van der Waals surface area contributed by atoms with Crippen LogP contribution in [0.15, 0.2) is 0 Å². The van der Waals surface area contributed by atoms with Gasteiger partial charge in [0.2, 0.25) is 0 Å². The predicted octanol–water partition coefficient (Wildman–Crippen LogP) is -0.270. The molecule has 0 aliphatic carbocycles. The molecule has 0 bridgehead atoms. The van der Waals surface area contributed by atoms with Gasteiger partial charge in [-0.05, 0) is 12.8 Å². The lowest BCUT2D eigenvalue weighted by Crippen LogP contribution is -2.49. The van der Waals surface area contributed by atoms with Crippen LogP contribution in [0.1, 0.15) is 19.3 Å². The second kappa shape index (κ2) is 7.68. The summed E-state index contributed by atoms with van der Waals surface area (Å²) in [4.78, 5) is 33.7. The topological polar surface area (TPSA) is 114 Å². The van der Waals surface area contributed by atoms with Crippen molar-refractivity contribution >= 4 is 18.0 Å². The molecule has 0 saturated carbocycles. The SMILES string of the molecule is COC(=O)CCNC(=O)NCC1(C(=O)O)CCOCC1. The number of nitrogens with one attached hydrogen (secondary N) is 2. The van der Waals surface area contributed by atoms with E-state index in [0.29, 0.717) is 26.1 Å². The van der Waals surface area contributed by atoms with E-state index < -0.39 is 23.4 Å². The van der Waals surface area contributed by atoms with Gasteiger partial charge in [-0.15, -0.1) is 0 Å². The van der Waals surface area contributed by atoms with Gasteiger partial charge in [-0.25, -0.2) is 4.79 Å². The Hall–Kier alpha value is -1.83. The molecule has 0 aromatic rings. The molecule has 1 aliphatic heterocycles. The lowest BCUT2D eigenvalue weighted by Gasteiger charge is -2.33. The summed E-state index contributed by atoms with van der Waals surface area (Å²) in [6, 6.07) is -0.499.